The van der Waals surface area contributed by atoms with Crippen LogP contribution in [0.15, 0.2) is 60.7 Å². The molecule has 2 N–H and O–H groups in total. The molecule has 0 bridgehead atoms. The van der Waals surface area contributed by atoms with Crippen molar-refractivity contribution in [2.75, 3.05) is 6.61 Å². The van der Waals surface area contributed by atoms with Crippen LogP contribution in [0.5, 0.6) is 0 Å². The van der Waals surface area contributed by atoms with Crippen LogP contribution in [0.2, 0.25) is 0 Å². The molecule has 8 nitrogen and oxygen atoms in total. The molecule has 0 aromatic heterocycles. The molecule has 1 heterocycles. The molecule has 8 heteroatoms. The van der Waals surface area contributed by atoms with Crippen LogP contribution in [-0.2, 0) is 46.5 Å². The molecule has 1 aliphatic rings. The molecule has 0 spiro atoms. The minimum absolute atomic E-state index is 0.110. The zero-order valence-electron chi connectivity index (χ0n) is 18.2. The Balaban J connectivity index is 1.76. The van der Waals surface area contributed by atoms with E-state index in [1.807, 2.05) is 60.7 Å². The van der Waals surface area contributed by atoms with E-state index in [0.29, 0.717) is 6.61 Å². The molecule has 172 valence electrons. The second-order valence-corrected chi connectivity index (χ2v) is 7.55. The van der Waals surface area contributed by atoms with E-state index in [0.717, 1.165) is 11.1 Å². The number of ether oxygens (including phenoxy) is 5. The highest BCUT2D eigenvalue weighted by molar-refractivity contribution is 5.67. The van der Waals surface area contributed by atoms with E-state index in [1.54, 1.807) is 0 Å². The van der Waals surface area contributed by atoms with Gasteiger partial charge < -0.3 is 29.4 Å². The molecule has 1 unspecified atom stereocenters. The third-order valence-electron chi connectivity index (χ3n) is 4.95. The van der Waals surface area contributed by atoms with Gasteiger partial charge in [-0.05, 0) is 11.1 Å². The highest BCUT2D eigenvalue weighted by atomic mass is 16.6. The third-order valence-corrected chi connectivity index (χ3v) is 4.95. The first-order valence-electron chi connectivity index (χ1n) is 10.5. The number of esters is 2. The van der Waals surface area contributed by atoms with Gasteiger partial charge in [0.2, 0.25) is 0 Å². The van der Waals surface area contributed by atoms with Crippen molar-refractivity contribution in [1.29, 1.82) is 0 Å². The molecule has 0 radical (unpaired) electrons. The van der Waals surface area contributed by atoms with Gasteiger partial charge in [-0.25, -0.2) is 0 Å². The van der Waals surface area contributed by atoms with E-state index in [9.17, 15) is 9.59 Å². The largest absolute Gasteiger partial charge is 0.457 e. The SMILES string of the molecule is CC(=O)OC1[C@@H](COCc2ccccc2)O[C@@H](N)[C@H](OC(C)=O)[C@H]1OCc1ccccc1. The number of benzene rings is 2. The summed E-state index contributed by atoms with van der Waals surface area (Å²) in [6.07, 6.45) is -4.35. The summed E-state index contributed by atoms with van der Waals surface area (Å²) in [5.41, 5.74) is 8.08. The predicted molar refractivity (Wildman–Crippen MR) is 115 cm³/mol. The van der Waals surface area contributed by atoms with Crippen molar-refractivity contribution in [3.8, 4) is 0 Å². The van der Waals surface area contributed by atoms with Gasteiger partial charge in [0.15, 0.2) is 12.2 Å². The van der Waals surface area contributed by atoms with Gasteiger partial charge in [0.05, 0.1) is 19.8 Å². The summed E-state index contributed by atoms with van der Waals surface area (Å²) in [6.45, 7) is 3.25. The fourth-order valence-corrected chi connectivity index (χ4v) is 3.56. The number of hydrogen-bond acceptors (Lipinski definition) is 8. The van der Waals surface area contributed by atoms with Crippen LogP contribution in [-0.4, -0.2) is 49.2 Å². The Morgan fingerprint density at radius 2 is 1.34 bits per heavy atom. The van der Waals surface area contributed by atoms with Gasteiger partial charge in [-0.2, -0.15) is 0 Å². The highest BCUT2D eigenvalue weighted by Gasteiger charge is 2.49. The maximum Gasteiger partial charge on any atom is 0.303 e. The highest BCUT2D eigenvalue weighted by Crippen LogP contribution is 2.28. The lowest BCUT2D eigenvalue weighted by atomic mass is 9.97. The summed E-state index contributed by atoms with van der Waals surface area (Å²) in [5.74, 6) is -1.06. The minimum atomic E-state index is -0.975. The van der Waals surface area contributed by atoms with Gasteiger partial charge in [-0.3, -0.25) is 9.59 Å². The smallest absolute Gasteiger partial charge is 0.303 e. The summed E-state index contributed by atoms with van der Waals surface area (Å²) < 4.78 is 28.7. The number of nitrogens with two attached hydrogens (primary N) is 1. The minimum Gasteiger partial charge on any atom is -0.457 e. The average Bonchev–Trinajstić information content (AvgIpc) is 2.77. The third kappa shape index (κ3) is 6.86. The van der Waals surface area contributed by atoms with Gasteiger partial charge in [0, 0.05) is 13.8 Å². The molecule has 1 saturated heterocycles. The normalized spacial score (nSPS) is 25.2. The fourth-order valence-electron chi connectivity index (χ4n) is 3.56. The Labute approximate surface area is 187 Å². The summed E-state index contributed by atoms with van der Waals surface area (Å²) >= 11 is 0. The van der Waals surface area contributed by atoms with Crippen molar-refractivity contribution in [3.63, 3.8) is 0 Å². The molecule has 0 saturated carbocycles. The van der Waals surface area contributed by atoms with Crippen LogP contribution in [0, 0.1) is 0 Å². The first kappa shape index (κ1) is 23.9. The molecule has 0 amide bonds. The molecule has 32 heavy (non-hydrogen) atoms. The average molecular weight is 443 g/mol. The van der Waals surface area contributed by atoms with Gasteiger partial charge in [-0.15, -0.1) is 0 Å². The first-order chi connectivity index (χ1) is 15.4. The topological polar surface area (TPSA) is 106 Å². The molecule has 1 fully saturated rings. The van der Waals surface area contributed by atoms with Crippen LogP contribution >= 0.6 is 0 Å². The molecule has 0 aliphatic carbocycles. The summed E-state index contributed by atoms with van der Waals surface area (Å²) in [4.78, 5) is 23.6. The molecule has 3 rings (SSSR count). The van der Waals surface area contributed by atoms with Gasteiger partial charge >= 0.3 is 11.9 Å². The summed E-state index contributed by atoms with van der Waals surface area (Å²) in [7, 11) is 0. The van der Waals surface area contributed by atoms with Crippen molar-refractivity contribution in [3.05, 3.63) is 71.8 Å². The van der Waals surface area contributed by atoms with Crippen LogP contribution in [0.25, 0.3) is 0 Å². The zero-order chi connectivity index (χ0) is 22.9. The number of rotatable bonds is 9. The van der Waals surface area contributed by atoms with E-state index in [1.165, 1.54) is 13.8 Å². The standard InChI is InChI=1S/C24H29NO7/c1-16(26)30-21-20(15-28-13-18-9-5-3-6-10-18)32-24(25)23(31-17(2)27)22(21)29-14-19-11-7-4-8-12-19/h3-12,20-24H,13-15,25H2,1-2H3/t20-,21?,22+,23-,24-/m1/s1. The fraction of sp³-hybridized carbons (Fsp3) is 0.417. The number of carbonyl (C=O) groups excluding carboxylic acids is 2. The summed E-state index contributed by atoms with van der Waals surface area (Å²) in [6, 6.07) is 19.1. The molecule has 1 aliphatic heterocycles. The van der Waals surface area contributed by atoms with Crippen LogP contribution in [0.4, 0.5) is 0 Å². The number of carbonyl (C=O) groups is 2. The zero-order valence-corrected chi connectivity index (χ0v) is 18.2. The Morgan fingerprint density at radius 3 is 1.91 bits per heavy atom. The second kappa shape index (κ2) is 11.7. The van der Waals surface area contributed by atoms with Crippen molar-refractivity contribution >= 4 is 11.9 Å². The Hall–Kier alpha value is -2.78. The maximum atomic E-state index is 11.9. The Morgan fingerprint density at radius 1 is 0.812 bits per heavy atom. The van der Waals surface area contributed by atoms with Crippen molar-refractivity contribution < 1.29 is 33.3 Å². The molecular formula is C24H29NO7. The van der Waals surface area contributed by atoms with Gasteiger partial charge in [0.25, 0.3) is 0 Å². The van der Waals surface area contributed by atoms with Gasteiger partial charge in [-0.1, -0.05) is 60.7 Å². The monoisotopic (exact) mass is 443 g/mol. The lowest BCUT2D eigenvalue weighted by molar-refractivity contribution is -0.258. The van der Waals surface area contributed by atoms with Crippen LogP contribution in [0.3, 0.4) is 0 Å². The molecule has 5 atom stereocenters. The van der Waals surface area contributed by atoms with E-state index in [4.69, 9.17) is 29.4 Å². The van der Waals surface area contributed by atoms with E-state index < -0.39 is 42.6 Å². The first-order valence-corrected chi connectivity index (χ1v) is 10.5. The van der Waals surface area contributed by atoms with Crippen molar-refractivity contribution in [2.45, 2.75) is 57.7 Å². The van der Waals surface area contributed by atoms with Crippen molar-refractivity contribution in [2.24, 2.45) is 5.73 Å². The number of hydrogen-bond donors (Lipinski definition) is 1. The summed E-state index contributed by atoms with van der Waals surface area (Å²) in [5, 5.41) is 0. The Kier molecular flexibility index (Phi) is 8.75. The van der Waals surface area contributed by atoms with E-state index in [2.05, 4.69) is 0 Å². The Bertz CT molecular complexity index is 861. The molecule has 2 aromatic carbocycles. The molecular weight excluding hydrogens is 414 g/mol. The lowest BCUT2D eigenvalue weighted by Gasteiger charge is -2.44. The maximum absolute atomic E-state index is 11.9. The molecule has 2 aromatic rings. The van der Waals surface area contributed by atoms with E-state index in [-0.39, 0.29) is 13.2 Å². The lowest BCUT2D eigenvalue weighted by Crippen LogP contribution is -2.64. The van der Waals surface area contributed by atoms with E-state index >= 15 is 0 Å². The van der Waals surface area contributed by atoms with Crippen LogP contribution < -0.4 is 5.73 Å². The second-order valence-electron chi connectivity index (χ2n) is 7.55. The predicted octanol–water partition coefficient (Wildman–Crippen LogP) is 2.34. The van der Waals surface area contributed by atoms with Gasteiger partial charge in [0.1, 0.15) is 18.4 Å². The van der Waals surface area contributed by atoms with Crippen LogP contribution in [0.1, 0.15) is 25.0 Å². The quantitative estimate of drug-likeness (QED) is 0.589. The van der Waals surface area contributed by atoms with Crippen molar-refractivity contribution in [1.82, 2.24) is 0 Å².